The number of aliphatic hydroxyl groups is 2. The van der Waals surface area contributed by atoms with Crippen molar-refractivity contribution in [3.8, 4) is 0 Å². The summed E-state index contributed by atoms with van der Waals surface area (Å²) in [7, 11) is 1.99. The van der Waals surface area contributed by atoms with Gasteiger partial charge in [0, 0.05) is 44.0 Å². The number of ether oxygens (including phenoxy) is 2. The third kappa shape index (κ3) is 10.2. The zero-order valence-electron chi connectivity index (χ0n) is 26.0. The molecule has 242 valence electrons. The van der Waals surface area contributed by atoms with Gasteiger partial charge in [0.1, 0.15) is 0 Å². The van der Waals surface area contributed by atoms with Crippen molar-refractivity contribution in [3.05, 3.63) is 107 Å². The molecule has 5 N–H and O–H groups in total. The van der Waals surface area contributed by atoms with Gasteiger partial charge in [0.15, 0.2) is 6.29 Å². The molecule has 1 fully saturated rings. The third-order valence-corrected chi connectivity index (χ3v) is 8.32. The summed E-state index contributed by atoms with van der Waals surface area (Å²) in [6, 6.07) is 25.0. The summed E-state index contributed by atoms with van der Waals surface area (Å²) < 4.78 is 13.0. The van der Waals surface area contributed by atoms with Crippen LogP contribution in [0.1, 0.15) is 85.3 Å². The molecule has 10 heteroatoms. The van der Waals surface area contributed by atoms with E-state index in [1.165, 1.54) is 0 Å². The Labute approximate surface area is 264 Å². The molecule has 0 saturated carbocycles. The molecule has 45 heavy (non-hydrogen) atoms. The van der Waals surface area contributed by atoms with Gasteiger partial charge in [-0.05, 0) is 49.1 Å². The molecule has 1 aliphatic rings. The average Bonchev–Trinajstić information content (AvgIpc) is 3.08. The summed E-state index contributed by atoms with van der Waals surface area (Å²) in [5.41, 5.74) is 6.08. The Morgan fingerprint density at radius 1 is 0.889 bits per heavy atom. The first-order valence-electron chi connectivity index (χ1n) is 15.5. The lowest BCUT2D eigenvalue weighted by Gasteiger charge is -2.39. The standard InChI is InChI=1S/C35H45N3O7/c1-24(34(42)28-8-4-3-5-9-28)38(2)22-30-20-31(27-16-14-26(23-39)15-17-27)45-35(44-30)29-18-12-25(13-19-29)21-36-32(40)10-6-7-11-33(41)37-43/h3-5,8-9,12-19,24,30-31,34-35,39,42-43H,6-7,10-11,20-23H2,1-2H3,(H,36,40)(H,37,41)/t24-,30+,31-,34-,35-/m1/s1. The molecule has 1 aliphatic heterocycles. The summed E-state index contributed by atoms with van der Waals surface area (Å²) >= 11 is 0. The topological polar surface area (TPSA) is 141 Å². The van der Waals surface area contributed by atoms with Crippen molar-refractivity contribution in [2.24, 2.45) is 0 Å². The number of hydroxylamine groups is 1. The molecule has 3 aromatic carbocycles. The lowest BCUT2D eigenvalue weighted by molar-refractivity contribution is -0.253. The van der Waals surface area contributed by atoms with Gasteiger partial charge in [-0.2, -0.15) is 0 Å². The maximum absolute atomic E-state index is 12.2. The van der Waals surface area contributed by atoms with Crippen LogP contribution in [0.25, 0.3) is 0 Å². The first-order valence-corrected chi connectivity index (χ1v) is 15.5. The molecule has 3 aromatic rings. The van der Waals surface area contributed by atoms with Crippen molar-refractivity contribution in [1.82, 2.24) is 15.7 Å². The maximum Gasteiger partial charge on any atom is 0.243 e. The Hall–Kier alpha value is -3.64. The van der Waals surface area contributed by atoms with Crippen LogP contribution in [0.4, 0.5) is 0 Å². The highest BCUT2D eigenvalue weighted by Gasteiger charge is 2.34. The number of aliphatic hydroxyl groups excluding tert-OH is 2. The van der Waals surface area contributed by atoms with Crippen LogP contribution >= 0.6 is 0 Å². The van der Waals surface area contributed by atoms with Gasteiger partial charge in [-0.1, -0.05) is 78.9 Å². The van der Waals surface area contributed by atoms with E-state index in [1.807, 2.05) is 92.8 Å². The fraction of sp³-hybridized carbons (Fsp3) is 0.429. The quantitative estimate of drug-likeness (QED) is 0.0955. The fourth-order valence-electron chi connectivity index (χ4n) is 5.40. The van der Waals surface area contributed by atoms with E-state index < -0.39 is 18.3 Å². The zero-order valence-corrected chi connectivity index (χ0v) is 26.0. The molecule has 1 heterocycles. The molecule has 0 bridgehead atoms. The van der Waals surface area contributed by atoms with Gasteiger partial charge in [0.05, 0.1) is 24.9 Å². The third-order valence-electron chi connectivity index (χ3n) is 8.32. The summed E-state index contributed by atoms with van der Waals surface area (Å²) in [4.78, 5) is 25.4. The Kier molecular flexibility index (Phi) is 13.1. The smallest absolute Gasteiger partial charge is 0.243 e. The second-order valence-electron chi connectivity index (χ2n) is 11.6. The van der Waals surface area contributed by atoms with Crippen LogP contribution in [0, 0.1) is 0 Å². The minimum atomic E-state index is -0.644. The number of carbonyl (C=O) groups excluding carboxylic acids is 2. The number of carbonyl (C=O) groups is 2. The Morgan fingerprint density at radius 3 is 2.16 bits per heavy atom. The second-order valence-corrected chi connectivity index (χ2v) is 11.6. The van der Waals surface area contributed by atoms with Crippen molar-refractivity contribution in [1.29, 1.82) is 0 Å². The highest BCUT2D eigenvalue weighted by atomic mass is 16.7. The Morgan fingerprint density at radius 2 is 1.51 bits per heavy atom. The highest BCUT2D eigenvalue weighted by molar-refractivity contribution is 5.76. The number of hydrogen-bond acceptors (Lipinski definition) is 8. The van der Waals surface area contributed by atoms with E-state index in [0.717, 1.165) is 27.8 Å². The molecule has 0 aromatic heterocycles. The number of rotatable bonds is 15. The molecular formula is C35H45N3O7. The van der Waals surface area contributed by atoms with Crippen LogP contribution in [0.15, 0.2) is 78.9 Å². The number of nitrogens with zero attached hydrogens (tertiary/aromatic N) is 1. The van der Waals surface area contributed by atoms with E-state index >= 15 is 0 Å². The predicted octanol–water partition coefficient (Wildman–Crippen LogP) is 4.46. The molecule has 1 saturated heterocycles. The molecule has 0 aliphatic carbocycles. The zero-order chi connectivity index (χ0) is 32.2. The van der Waals surface area contributed by atoms with Crippen molar-refractivity contribution < 1.29 is 34.5 Å². The van der Waals surface area contributed by atoms with E-state index in [1.54, 1.807) is 5.48 Å². The molecule has 0 spiro atoms. The van der Waals surface area contributed by atoms with Gasteiger partial charge in [0.25, 0.3) is 0 Å². The SMILES string of the molecule is C[C@H]([C@@H](O)c1ccccc1)N(C)C[C@@H]1C[C@H](c2ccc(CO)cc2)O[C@H](c2ccc(CNC(=O)CCCCC(=O)NO)cc2)O1. The van der Waals surface area contributed by atoms with Gasteiger partial charge < -0.3 is 25.0 Å². The predicted molar refractivity (Wildman–Crippen MR) is 169 cm³/mol. The van der Waals surface area contributed by atoms with Gasteiger partial charge in [0.2, 0.25) is 11.8 Å². The summed E-state index contributed by atoms with van der Waals surface area (Å²) in [6.45, 7) is 2.94. The molecule has 2 amide bonds. The monoisotopic (exact) mass is 619 g/mol. The number of hydrogen-bond donors (Lipinski definition) is 5. The first-order chi connectivity index (χ1) is 21.8. The minimum absolute atomic E-state index is 0.0251. The number of amides is 2. The van der Waals surface area contributed by atoms with Crippen LogP contribution in [0.3, 0.4) is 0 Å². The van der Waals surface area contributed by atoms with Crippen molar-refractivity contribution in [2.45, 2.75) is 82.8 Å². The van der Waals surface area contributed by atoms with Crippen LogP contribution in [0.2, 0.25) is 0 Å². The van der Waals surface area contributed by atoms with Gasteiger partial charge in [-0.15, -0.1) is 0 Å². The number of likely N-dealkylation sites (N-methyl/N-ethyl adjacent to an activating group) is 1. The Bertz CT molecular complexity index is 1340. The van der Waals surface area contributed by atoms with E-state index in [-0.39, 0.29) is 37.2 Å². The summed E-state index contributed by atoms with van der Waals surface area (Å²) in [6.07, 6.45) is 0.515. The van der Waals surface area contributed by atoms with Gasteiger partial charge in [-0.25, -0.2) is 5.48 Å². The molecule has 5 atom stereocenters. The number of unbranched alkanes of at least 4 members (excludes halogenated alkanes) is 1. The lowest BCUT2D eigenvalue weighted by atomic mass is 9.98. The van der Waals surface area contributed by atoms with Crippen LogP contribution in [-0.2, 0) is 32.2 Å². The lowest BCUT2D eigenvalue weighted by Crippen LogP contribution is -2.43. The molecular weight excluding hydrogens is 574 g/mol. The van der Waals surface area contributed by atoms with Gasteiger partial charge in [-0.3, -0.25) is 19.7 Å². The molecule has 0 unspecified atom stereocenters. The second kappa shape index (κ2) is 17.2. The van der Waals surface area contributed by atoms with Gasteiger partial charge >= 0.3 is 0 Å². The number of benzene rings is 3. The molecule has 10 nitrogen and oxygen atoms in total. The summed E-state index contributed by atoms with van der Waals surface area (Å²) in [5.74, 6) is -0.557. The van der Waals surface area contributed by atoms with Crippen LogP contribution in [-0.4, -0.2) is 57.9 Å². The minimum Gasteiger partial charge on any atom is -0.392 e. The van der Waals surface area contributed by atoms with E-state index in [9.17, 15) is 19.8 Å². The number of nitrogens with one attached hydrogen (secondary N) is 2. The van der Waals surface area contributed by atoms with Crippen molar-refractivity contribution in [3.63, 3.8) is 0 Å². The van der Waals surface area contributed by atoms with E-state index in [4.69, 9.17) is 14.7 Å². The van der Waals surface area contributed by atoms with E-state index in [2.05, 4.69) is 10.2 Å². The normalized spacial score (nSPS) is 19.6. The largest absolute Gasteiger partial charge is 0.392 e. The molecule has 0 radical (unpaired) electrons. The Balaban J connectivity index is 1.39. The first kappa shape index (κ1) is 34.2. The maximum atomic E-state index is 12.2. The summed E-state index contributed by atoms with van der Waals surface area (Å²) in [5, 5.41) is 32.0. The highest BCUT2D eigenvalue weighted by Crippen LogP contribution is 2.38. The van der Waals surface area contributed by atoms with Crippen LogP contribution in [0.5, 0.6) is 0 Å². The fourth-order valence-corrected chi connectivity index (χ4v) is 5.40. The van der Waals surface area contributed by atoms with Crippen LogP contribution < -0.4 is 10.8 Å². The molecule has 4 rings (SSSR count). The van der Waals surface area contributed by atoms with Crippen molar-refractivity contribution in [2.75, 3.05) is 13.6 Å². The van der Waals surface area contributed by atoms with Crippen molar-refractivity contribution >= 4 is 11.8 Å². The van der Waals surface area contributed by atoms with E-state index in [0.29, 0.717) is 38.8 Å². The average molecular weight is 620 g/mol.